The van der Waals surface area contributed by atoms with Gasteiger partial charge in [0.25, 0.3) is 5.91 Å². The molecule has 0 radical (unpaired) electrons. The van der Waals surface area contributed by atoms with E-state index in [4.69, 9.17) is 17.3 Å². The van der Waals surface area contributed by atoms with E-state index < -0.39 is 0 Å². The van der Waals surface area contributed by atoms with E-state index >= 15 is 0 Å². The summed E-state index contributed by atoms with van der Waals surface area (Å²) in [5, 5.41) is 8.85. The monoisotopic (exact) mass is 321 g/mol. The second-order valence-electron chi connectivity index (χ2n) is 4.99. The number of thioether (sulfide) groups is 1. The maximum Gasteiger partial charge on any atom is 0.258 e. The zero-order chi connectivity index (χ0) is 14.8. The van der Waals surface area contributed by atoms with Crippen LogP contribution in [0.2, 0.25) is 5.02 Å². The predicted octanol–water partition coefficient (Wildman–Crippen LogP) is 3.28. The summed E-state index contributed by atoms with van der Waals surface area (Å²) >= 11 is 7.58. The van der Waals surface area contributed by atoms with Crippen LogP contribution in [0.25, 0.3) is 0 Å². The molecular formula is C15H16ClN3OS. The van der Waals surface area contributed by atoms with E-state index in [-0.39, 0.29) is 5.91 Å². The minimum Gasteiger partial charge on any atom is -0.340 e. The lowest BCUT2D eigenvalue weighted by Gasteiger charge is -2.24. The van der Waals surface area contributed by atoms with Crippen LogP contribution in [-0.4, -0.2) is 12.5 Å². The molecule has 3 rings (SSSR count). The quantitative estimate of drug-likeness (QED) is 0.799. The van der Waals surface area contributed by atoms with Gasteiger partial charge in [0.2, 0.25) is 0 Å². The third kappa shape index (κ3) is 2.95. The molecule has 110 valence electrons. The van der Waals surface area contributed by atoms with Crippen LogP contribution in [0.4, 0.5) is 5.69 Å². The lowest BCUT2D eigenvalue weighted by Crippen LogP contribution is -2.34. The zero-order valence-corrected chi connectivity index (χ0v) is 12.9. The third-order valence-electron chi connectivity index (χ3n) is 3.53. The van der Waals surface area contributed by atoms with Crippen molar-refractivity contribution in [2.24, 2.45) is 11.7 Å². The fraction of sp³-hybridized carbons (Fsp3) is 0.267. The average Bonchev–Trinajstić information content (AvgIpc) is 2.94. The van der Waals surface area contributed by atoms with Gasteiger partial charge in [-0.05, 0) is 43.0 Å². The van der Waals surface area contributed by atoms with Crippen molar-refractivity contribution < 1.29 is 4.79 Å². The first-order valence-corrected chi connectivity index (χ1v) is 8.10. The van der Waals surface area contributed by atoms with E-state index in [0.717, 1.165) is 29.3 Å². The average molecular weight is 322 g/mol. The molecule has 1 aromatic rings. The molecular weight excluding hydrogens is 306 g/mol. The van der Waals surface area contributed by atoms with E-state index in [0.29, 0.717) is 23.0 Å². The van der Waals surface area contributed by atoms with Crippen LogP contribution in [0, 0.1) is 5.92 Å². The Morgan fingerprint density at radius 2 is 2.19 bits per heavy atom. The molecule has 2 heterocycles. The molecule has 2 aliphatic heterocycles. The van der Waals surface area contributed by atoms with Crippen LogP contribution in [-0.2, 0) is 0 Å². The van der Waals surface area contributed by atoms with Crippen LogP contribution >= 0.6 is 23.4 Å². The smallest absolute Gasteiger partial charge is 0.258 e. The lowest BCUT2D eigenvalue weighted by atomic mass is 10.0. The molecule has 4 N–H and O–H groups in total. The van der Waals surface area contributed by atoms with Gasteiger partial charge in [0.1, 0.15) is 5.82 Å². The largest absolute Gasteiger partial charge is 0.340 e. The van der Waals surface area contributed by atoms with Crippen LogP contribution < -0.4 is 16.4 Å². The third-order valence-corrected chi connectivity index (χ3v) is 4.82. The summed E-state index contributed by atoms with van der Waals surface area (Å²) in [5.41, 5.74) is 6.94. The Morgan fingerprint density at radius 3 is 3.00 bits per heavy atom. The Morgan fingerprint density at radius 1 is 1.33 bits per heavy atom. The number of nitrogens with one attached hydrogen (secondary N) is 2. The highest BCUT2D eigenvalue weighted by molar-refractivity contribution is 8.06. The number of anilines is 1. The summed E-state index contributed by atoms with van der Waals surface area (Å²) in [4.78, 5) is 13.4. The van der Waals surface area contributed by atoms with Crippen molar-refractivity contribution >= 4 is 35.0 Å². The minimum atomic E-state index is -0.126. The lowest BCUT2D eigenvalue weighted by molar-refractivity contribution is 0.0963. The molecule has 1 atom stereocenters. The molecule has 0 aromatic heterocycles. The first-order chi connectivity index (χ1) is 10.2. The summed E-state index contributed by atoms with van der Waals surface area (Å²) in [6.45, 7) is 0.679. The molecule has 1 unspecified atom stereocenters. The molecule has 1 aromatic carbocycles. The van der Waals surface area contributed by atoms with Crippen molar-refractivity contribution in [1.82, 2.24) is 5.32 Å². The Hall–Kier alpha value is -1.43. The number of amides is 1. The summed E-state index contributed by atoms with van der Waals surface area (Å²) in [5.74, 6) is 0.959. The van der Waals surface area contributed by atoms with Gasteiger partial charge in [-0.2, -0.15) is 0 Å². The van der Waals surface area contributed by atoms with Crippen molar-refractivity contribution in [3.05, 3.63) is 51.0 Å². The van der Waals surface area contributed by atoms with Crippen LogP contribution in [0.15, 0.2) is 40.4 Å². The van der Waals surface area contributed by atoms with Gasteiger partial charge in [0, 0.05) is 15.8 Å². The first kappa shape index (κ1) is 14.5. The zero-order valence-electron chi connectivity index (χ0n) is 11.4. The van der Waals surface area contributed by atoms with E-state index in [9.17, 15) is 4.79 Å². The predicted molar refractivity (Wildman–Crippen MR) is 88.1 cm³/mol. The Kier molecular flexibility index (Phi) is 4.24. The molecule has 0 bridgehead atoms. The molecule has 21 heavy (non-hydrogen) atoms. The molecule has 6 heteroatoms. The number of carbonyl (C=O) groups is 1. The molecule has 2 aliphatic rings. The first-order valence-electron chi connectivity index (χ1n) is 6.84. The van der Waals surface area contributed by atoms with E-state index in [1.54, 1.807) is 23.9 Å². The summed E-state index contributed by atoms with van der Waals surface area (Å²) in [6.07, 6.45) is 4.12. The highest BCUT2D eigenvalue weighted by atomic mass is 35.5. The summed E-state index contributed by atoms with van der Waals surface area (Å²) in [7, 11) is 0. The number of rotatable bonds is 3. The molecule has 0 fully saturated rings. The van der Waals surface area contributed by atoms with Gasteiger partial charge in [-0.25, -0.2) is 0 Å². The fourth-order valence-electron chi connectivity index (χ4n) is 2.47. The van der Waals surface area contributed by atoms with E-state index in [1.807, 2.05) is 6.07 Å². The maximum atomic E-state index is 12.2. The number of halogens is 1. The minimum absolute atomic E-state index is 0.126. The topological polar surface area (TPSA) is 67.1 Å². The molecule has 0 spiro atoms. The standard InChI is InChI=1S/C15H16ClN3OS/c16-10-3-4-12-11(8-10)15(20)19-14(18-12)13-9(2-1-6-17)5-7-21-13/h3-5,7-9,18H,1-2,6,17H2,(H,19,20). The summed E-state index contributed by atoms with van der Waals surface area (Å²) < 4.78 is 0. The molecule has 4 nitrogen and oxygen atoms in total. The molecule has 0 saturated carbocycles. The molecule has 0 saturated heterocycles. The maximum absolute atomic E-state index is 12.2. The van der Waals surface area contributed by atoms with E-state index in [2.05, 4.69) is 22.1 Å². The number of nitrogens with two attached hydrogens (primary N) is 1. The van der Waals surface area contributed by atoms with E-state index in [1.165, 1.54) is 0 Å². The highest BCUT2D eigenvalue weighted by Crippen LogP contribution is 2.39. The van der Waals surface area contributed by atoms with Crippen molar-refractivity contribution in [3.8, 4) is 0 Å². The van der Waals surface area contributed by atoms with Gasteiger partial charge in [-0.3, -0.25) is 4.79 Å². The second kappa shape index (κ2) is 6.13. The summed E-state index contributed by atoms with van der Waals surface area (Å²) in [6, 6.07) is 5.28. The number of benzene rings is 1. The van der Waals surface area contributed by atoms with Crippen LogP contribution in [0.5, 0.6) is 0 Å². The van der Waals surface area contributed by atoms with Crippen molar-refractivity contribution in [3.63, 3.8) is 0 Å². The number of fused-ring (bicyclic) bond motifs is 1. The normalized spacial score (nSPS) is 23.7. The Bertz CT molecular complexity index is 642. The van der Waals surface area contributed by atoms with Crippen LogP contribution in [0.1, 0.15) is 23.2 Å². The number of hydrogen-bond acceptors (Lipinski definition) is 4. The van der Waals surface area contributed by atoms with Gasteiger partial charge in [0.05, 0.1) is 11.3 Å². The SMILES string of the molecule is NCCCC1C=CSC1=C1NC(=O)c2cc(Cl)ccc2N1. The van der Waals surface area contributed by atoms with Gasteiger partial charge in [0.15, 0.2) is 0 Å². The number of carbonyl (C=O) groups excluding carboxylic acids is 1. The Labute approximate surface area is 132 Å². The second-order valence-corrected chi connectivity index (χ2v) is 6.38. The van der Waals surface area contributed by atoms with Gasteiger partial charge in [-0.1, -0.05) is 29.4 Å². The number of hydrogen-bond donors (Lipinski definition) is 3. The van der Waals surface area contributed by atoms with Gasteiger partial charge >= 0.3 is 0 Å². The fourth-order valence-corrected chi connectivity index (χ4v) is 3.65. The van der Waals surface area contributed by atoms with Crippen LogP contribution in [0.3, 0.4) is 0 Å². The Balaban J connectivity index is 1.89. The van der Waals surface area contributed by atoms with Gasteiger partial charge < -0.3 is 16.4 Å². The number of allylic oxidation sites excluding steroid dienone is 2. The highest BCUT2D eigenvalue weighted by Gasteiger charge is 2.26. The van der Waals surface area contributed by atoms with Crippen molar-refractivity contribution in [2.75, 3.05) is 11.9 Å². The van der Waals surface area contributed by atoms with Crippen molar-refractivity contribution in [2.45, 2.75) is 12.8 Å². The molecule has 1 amide bonds. The van der Waals surface area contributed by atoms with Crippen molar-refractivity contribution in [1.29, 1.82) is 0 Å². The van der Waals surface area contributed by atoms with Gasteiger partial charge in [-0.15, -0.1) is 0 Å². The molecule has 0 aliphatic carbocycles.